The molecule has 0 amide bonds. The second-order valence-corrected chi connectivity index (χ2v) is 4.64. The summed E-state index contributed by atoms with van der Waals surface area (Å²) in [5.41, 5.74) is 0.711. The van der Waals surface area contributed by atoms with Gasteiger partial charge in [-0.1, -0.05) is 11.3 Å². The van der Waals surface area contributed by atoms with Gasteiger partial charge in [-0.05, 0) is 13.8 Å². The standard InChI is InChI=1S/C12H20N2O3S/c1-4-14(6-7-17-5-2)12-13-10(9-16-3)11(8-15)18-12/h8H,4-7,9H2,1-3H3. The van der Waals surface area contributed by atoms with Gasteiger partial charge in [0.05, 0.1) is 23.8 Å². The topological polar surface area (TPSA) is 51.7 Å². The van der Waals surface area contributed by atoms with Crippen molar-refractivity contribution in [3.8, 4) is 0 Å². The maximum absolute atomic E-state index is 11.0. The van der Waals surface area contributed by atoms with Crippen molar-refractivity contribution in [3.05, 3.63) is 10.6 Å². The number of nitrogens with zero attached hydrogens (tertiary/aromatic N) is 2. The van der Waals surface area contributed by atoms with Gasteiger partial charge in [0.1, 0.15) is 0 Å². The van der Waals surface area contributed by atoms with Crippen LogP contribution in [0, 0.1) is 0 Å². The summed E-state index contributed by atoms with van der Waals surface area (Å²) in [5.74, 6) is 0. The van der Waals surface area contributed by atoms with Crippen molar-refractivity contribution >= 4 is 22.8 Å². The zero-order valence-electron chi connectivity index (χ0n) is 11.1. The van der Waals surface area contributed by atoms with Crippen LogP contribution in [0.1, 0.15) is 29.2 Å². The maximum atomic E-state index is 11.0. The number of carbonyl (C=O) groups excluding carboxylic acids is 1. The van der Waals surface area contributed by atoms with Gasteiger partial charge in [0, 0.05) is 26.8 Å². The Morgan fingerprint density at radius 1 is 1.44 bits per heavy atom. The molecule has 0 aliphatic rings. The molecule has 0 spiro atoms. The number of anilines is 1. The molecule has 18 heavy (non-hydrogen) atoms. The van der Waals surface area contributed by atoms with E-state index in [-0.39, 0.29) is 0 Å². The average Bonchev–Trinajstić information content (AvgIpc) is 2.78. The Bertz CT molecular complexity index is 368. The molecule has 0 saturated carbocycles. The first-order valence-corrected chi connectivity index (χ1v) is 6.84. The van der Waals surface area contributed by atoms with E-state index < -0.39 is 0 Å². The molecule has 0 saturated heterocycles. The van der Waals surface area contributed by atoms with Crippen LogP contribution in [0.15, 0.2) is 0 Å². The van der Waals surface area contributed by atoms with Crippen LogP contribution in [0.25, 0.3) is 0 Å². The summed E-state index contributed by atoms with van der Waals surface area (Å²) < 4.78 is 10.4. The molecule has 102 valence electrons. The van der Waals surface area contributed by atoms with Gasteiger partial charge in [-0.15, -0.1) is 0 Å². The van der Waals surface area contributed by atoms with Gasteiger partial charge < -0.3 is 14.4 Å². The number of hydrogen-bond donors (Lipinski definition) is 0. The first-order valence-electron chi connectivity index (χ1n) is 6.03. The predicted molar refractivity (Wildman–Crippen MR) is 72.6 cm³/mol. The molecule has 0 N–H and O–H groups in total. The van der Waals surface area contributed by atoms with Crippen molar-refractivity contribution in [2.24, 2.45) is 0 Å². The highest BCUT2D eigenvalue weighted by Gasteiger charge is 2.14. The van der Waals surface area contributed by atoms with Crippen molar-refractivity contribution in [3.63, 3.8) is 0 Å². The highest BCUT2D eigenvalue weighted by Crippen LogP contribution is 2.25. The first-order chi connectivity index (χ1) is 8.76. The highest BCUT2D eigenvalue weighted by molar-refractivity contribution is 7.17. The molecule has 0 bridgehead atoms. The van der Waals surface area contributed by atoms with E-state index in [9.17, 15) is 4.79 Å². The number of methoxy groups -OCH3 is 1. The van der Waals surface area contributed by atoms with Crippen LogP contribution in [0.5, 0.6) is 0 Å². The van der Waals surface area contributed by atoms with E-state index in [1.54, 1.807) is 7.11 Å². The molecule has 0 aromatic carbocycles. The summed E-state index contributed by atoms with van der Waals surface area (Å²) in [6.45, 7) is 7.40. The second-order valence-electron chi connectivity index (χ2n) is 3.63. The van der Waals surface area contributed by atoms with Crippen LogP contribution in [0.3, 0.4) is 0 Å². The van der Waals surface area contributed by atoms with E-state index in [2.05, 4.69) is 16.8 Å². The third-order valence-electron chi connectivity index (χ3n) is 2.47. The normalized spacial score (nSPS) is 10.6. The van der Waals surface area contributed by atoms with Gasteiger partial charge in [0.15, 0.2) is 11.4 Å². The smallest absolute Gasteiger partial charge is 0.186 e. The van der Waals surface area contributed by atoms with Crippen molar-refractivity contribution in [2.45, 2.75) is 20.5 Å². The predicted octanol–water partition coefficient (Wildman–Crippen LogP) is 1.96. The van der Waals surface area contributed by atoms with E-state index in [1.807, 2.05) is 6.92 Å². The molecule has 0 atom stereocenters. The molecule has 0 unspecified atom stereocenters. The van der Waals surface area contributed by atoms with Gasteiger partial charge in [0.25, 0.3) is 0 Å². The van der Waals surface area contributed by atoms with Crippen LogP contribution in [0.2, 0.25) is 0 Å². The molecular weight excluding hydrogens is 252 g/mol. The van der Waals surface area contributed by atoms with Gasteiger partial charge in [-0.25, -0.2) is 4.98 Å². The third kappa shape index (κ3) is 4.04. The number of aromatic nitrogens is 1. The van der Waals surface area contributed by atoms with Gasteiger partial charge >= 0.3 is 0 Å². The summed E-state index contributed by atoms with van der Waals surface area (Å²) >= 11 is 1.40. The molecule has 0 radical (unpaired) electrons. The van der Waals surface area contributed by atoms with E-state index in [4.69, 9.17) is 9.47 Å². The van der Waals surface area contributed by atoms with E-state index >= 15 is 0 Å². The Kier molecular flexibility index (Phi) is 6.85. The Balaban J connectivity index is 2.75. The summed E-state index contributed by atoms with van der Waals surface area (Å²) in [6.07, 6.45) is 0.839. The molecule has 1 aromatic rings. The number of carbonyl (C=O) groups is 1. The summed E-state index contributed by atoms with van der Waals surface area (Å²) in [7, 11) is 1.60. The monoisotopic (exact) mass is 272 g/mol. The minimum absolute atomic E-state index is 0.369. The van der Waals surface area contributed by atoms with Crippen LogP contribution in [-0.4, -0.2) is 44.7 Å². The highest BCUT2D eigenvalue weighted by atomic mass is 32.1. The number of rotatable bonds is 9. The molecule has 0 aliphatic carbocycles. The number of aldehydes is 1. The fraction of sp³-hybridized carbons (Fsp3) is 0.667. The van der Waals surface area contributed by atoms with Gasteiger partial charge in [-0.2, -0.15) is 0 Å². The Morgan fingerprint density at radius 3 is 2.78 bits per heavy atom. The third-order valence-corrected chi connectivity index (χ3v) is 3.55. The SMILES string of the molecule is CCOCCN(CC)c1nc(COC)c(C=O)s1. The minimum Gasteiger partial charge on any atom is -0.380 e. The molecule has 1 rings (SSSR count). The number of ether oxygens (including phenoxy) is 2. The summed E-state index contributed by atoms with van der Waals surface area (Å²) in [4.78, 5) is 18.2. The maximum Gasteiger partial charge on any atom is 0.186 e. The second kappa shape index (κ2) is 8.18. The lowest BCUT2D eigenvalue weighted by molar-refractivity contribution is 0.112. The van der Waals surface area contributed by atoms with Crippen molar-refractivity contribution < 1.29 is 14.3 Å². The summed E-state index contributed by atoms with van der Waals surface area (Å²) in [5, 5.41) is 0.853. The van der Waals surface area contributed by atoms with E-state index in [0.717, 1.165) is 24.5 Å². The van der Waals surface area contributed by atoms with E-state index in [0.29, 0.717) is 30.4 Å². The summed E-state index contributed by atoms with van der Waals surface area (Å²) in [6, 6.07) is 0. The zero-order chi connectivity index (χ0) is 13.4. The van der Waals surface area contributed by atoms with Crippen molar-refractivity contribution in [1.29, 1.82) is 0 Å². The number of likely N-dealkylation sites (N-methyl/N-ethyl adjacent to an activating group) is 1. The fourth-order valence-corrected chi connectivity index (χ4v) is 2.50. The van der Waals surface area contributed by atoms with Gasteiger partial charge in [0.2, 0.25) is 0 Å². The Hall–Kier alpha value is -0.980. The Morgan fingerprint density at radius 2 is 2.22 bits per heavy atom. The quantitative estimate of drug-likeness (QED) is 0.508. The van der Waals surface area contributed by atoms with Crippen LogP contribution < -0.4 is 4.90 Å². The van der Waals surface area contributed by atoms with Crippen LogP contribution in [0.4, 0.5) is 5.13 Å². The lowest BCUT2D eigenvalue weighted by Gasteiger charge is -2.19. The van der Waals surface area contributed by atoms with E-state index in [1.165, 1.54) is 11.3 Å². The molecular formula is C12H20N2O3S. The van der Waals surface area contributed by atoms with Crippen LogP contribution in [-0.2, 0) is 16.1 Å². The zero-order valence-corrected chi connectivity index (χ0v) is 12.0. The molecule has 6 heteroatoms. The van der Waals surface area contributed by atoms with Crippen LogP contribution >= 0.6 is 11.3 Å². The lowest BCUT2D eigenvalue weighted by atomic mass is 10.4. The molecule has 1 heterocycles. The van der Waals surface area contributed by atoms with Gasteiger partial charge in [-0.3, -0.25) is 4.79 Å². The molecule has 5 nitrogen and oxygen atoms in total. The fourth-order valence-electron chi connectivity index (χ4n) is 1.53. The Labute approximate surface area is 112 Å². The average molecular weight is 272 g/mol. The number of thiazole rings is 1. The lowest BCUT2D eigenvalue weighted by Crippen LogP contribution is -2.27. The minimum atomic E-state index is 0.369. The van der Waals surface area contributed by atoms with Crippen molar-refractivity contribution in [2.75, 3.05) is 38.3 Å². The molecule has 0 fully saturated rings. The molecule has 0 aliphatic heterocycles. The number of hydrogen-bond acceptors (Lipinski definition) is 6. The largest absolute Gasteiger partial charge is 0.380 e. The first kappa shape index (κ1) is 15.1. The molecule has 1 aromatic heterocycles. The van der Waals surface area contributed by atoms with Crippen molar-refractivity contribution in [1.82, 2.24) is 4.98 Å².